The van der Waals surface area contributed by atoms with Crippen molar-refractivity contribution in [3.05, 3.63) is 89.0 Å². The van der Waals surface area contributed by atoms with E-state index in [-0.39, 0.29) is 29.9 Å². The summed E-state index contributed by atoms with van der Waals surface area (Å²) < 4.78 is 39.5. The normalized spacial score (nSPS) is 11.6. The fourth-order valence-corrected chi connectivity index (χ4v) is 3.89. The largest absolute Gasteiger partial charge is 0.493 e. The Balaban J connectivity index is 1.53. The molecule has 0 heterocycles. The van der Waals surface area contributed by atoms with Crippen LogP contribution < -0.4 is 20.9 Å². The standard InChI is InChI=1S/C30H31F2N3O4/c31-30(32,24-10-15-26(16-11-24)38-18-4-17-33)39-27-13-7-21(8-14-27)19-23(29(36)37)6-3-1-2-5-22-9-12-25(34)20-28(22)35/h7-16,19-20H,1-6,18,34-35H2,(H,36,37). The molecule has 7 nitrogen and oxygen atoms in total. The summed E-state index contributed by atoms with van der Waals surface area (Å²) in [5, 5.41) is 18.1. The van der Waals surface area contributed by atoms with Crippen LogP contribution >= 0.6 is 0 Å². The number of nitrogens with zero attached hydrogens (tertiary/aromatic N) is 1. The SMILES string of the molecule is N#CCCOc1ccc(C(F)(F)Oc2ccc(C=C(CCCCCc3ccc(N)cc3N)C(=O)O)cc2)cc1. The maximum atomic E-state index is 14.6. The highest BCUT2D eigenvalue weighted by atomic mass is 19.3. The predicted octanol–water partition coefficient (Wildman–Crippen LogP) is 6.54. The number of aliphatic carboxylic acids is 1. The zero-order chi connectivity index (χ0) is 28.3. The van der Waals surface area contributed by atoms with Gasteiger partial charge in [0.2, 0.25) is 0 Å². The van der Waals surface area contributed by atoms with Crippen molar-refractivity contribution < 1.29 is 28.2 Å². The number of anilines is 2. The van der Waals surface area contributed by atoms with Crippen molar-refractivity contribution in [2.24, 2.45) is 0 Å². The molecule has 0 atom stereocenters. The molecule has 5 N–H and O–H groups in total. The topological polar surface area (TPSA) is 132 Å². The van der Waals surface area contributed by atoms with Crippen molar-refractivity contribution in [1.29, 1.82) is 5.26 Å². The van der Waals surface area contributed by atoms with Gasteiger partial charge < -0.3 is 26.0 Å². The molecule has 0 unspecified atom stereocenters. The molecule has 3 rings (SSSR count). The predicted molar refractivity (Wildman–Crippen MR) is 146 cm³/mol. The molecule has 204 valence electrons. The third-order valence-corrected chi connectivity index (χ3v) is 5.98. The number of halogens is 2. The van der Waals surface area contributed by atoms with Crippen LogP contribution in [-0.2, 0) is 17.3 Å². The van der Waals surface area contributed by atoms with Crippen molar-refractivity contribution >= 4 is 23.4 Å². The Kier molecular flexibility index (Phi) is 10.3. The highest BCUT2D eigenvalue weighted by Crippen LogP contribution is 2.33. The van der Waals surface area contributed by atoms with Gasteiger partial charge in [0.1, 0.15) is 18.1 Å². The molecule has 0 aliphatic rings. The molecule has 0 bridgehead atoms. The minimum absolute atomic E-state index is 0.0645. The van der Waals surface area contributed by atoms with Crippen molar-refractivity contribution in [2.45, 2.75) is 44.6 Å². The molecule has 3 aromatic rings. The van der Waals surface area contributed by atoms with Gasteiger partial charge in [-0.1, -0.05) is 24.6 Å². The lowest BCUT2D eigenvalue weighted by Crippen LogP contribution is -2.21. The van der Waals surface area contributed by atoms with E-state index in [1.807, 2.05) is 18.2 Å². The summed E-state index contributed by atoms with van der Waals surface area (Å²) in [6.07, 6.45) is 1.66. The van der Waals surface area contributed by atoms with Crippen molar-refractivity contribution in [3.8, 4) is 17.6 Å². The number of alkyl halides is 2. The first kappa shape index (κ1) is 29.0. The summed E-state index contributed by atoms with van der Waals surface area (Å²) >= 11 is 0. The second kappa shape index (κ2) is 13.8. The summed E-state index contributed by atoms with van der Waals surface area (Å²) in [5.74, 6) is -0.711. The lowest BCUT2D eigenvalue weighted by atomic mass is 10.0. The van der Waals surface area contributed by atoms with Gasteiger partial charge in [-0.3, -0.25) is 0 Å². The quantitative estimate of drug-likeness (QED) is 0.121. The van der Waals surface area contributed by atoms with E-state index in [9.17, 15) is 18.7 Å². The van der Waals surface area contributed by atoms with E-state index in [1.165, 1.54) is 54.6 Å². The summed E-state index contributed by atoms with van der Waals surface area (Å²) in [6, 6.07) is 18.4. The van der Waals surface area contributed by atoms with E-state index in [4.69, 9.17) is 26.2 Å². The Morgan fingerprint density at radius 3 is 2.31 bits per heavy atom. The van der Waals surface area contributed by atoms with Gasteiger partial charge in [-0.25, -0.2) is 4.79 Å². The number of rotatable bonds is 14. The second-order valence-electron chi connectivity index (χ2n) is 8.96. The summed E-state index contributed by atoms with van der Waals surface area (Å²) in [6.45, 7) is 0.174. The second-order valence-corrected chi connectivity index (χ2v) is 8.96. The van der Waals surface area contributed by atoms with Gasteiger partial charge in [0.05, 0.1) is 18.1 Å². The first-order chi connectivity index (χ1) is 18.7. The number of benzene rings is 3. The third kappa shape index (κ3) is 9.04. The highest BCUT2D eigenvalue weighted by Gasteiger charge is 2.34. The maximum Gasteiger partial charge on any atom is 0.426 e. The Bertz CT molecular complexity index is 1320. The molecule has 9 heteroatoms. The number of aryl methyl sites for hydroxylation is 1. The van der Waals surface area contributed by atoms with E-state index in [2.05, 4.69) is 0 Å². The van der Waals surface area contributed by atoms with Gasteiger partial charge in [-0.2, -0.15) is 14.0 Å². The molecule has 3 aromatic carbocycles. The summed E-state index contributed by atoms with van der Waals surface area (Å²) in [4.78, 5) is 11.7. The number of nitriles is 1. The smallest absolute Gasteiger partial charge is 0.426 e. The molecule has 0 fully saturated rings. The van der Waals surface area contributed by atoms with E-state index in [1.54, 1.807) is 6.07 Å². The minimum atomic E-state index is -3.59. The Hall–Kier alpha value is -4.58. The number of ether oxygens (including phenoxy) is 2. The maximum absolute atomic E-state index is 14.6. The van der Waals surface area contributed by atoms with Crippen LogP contribution in [0.5, 0.6) is 11.5 Å². The molecule has 0 saturated heterocycles. The number of carboxylic acids is 1. The van der Waals surface area contributed by atoms with Crippen LogP contribution in [-0.4, -0.2) is 17.7 Å². The molecule has 0 radical (unpaired) electrons. The fraction of sp³-hybridized carbons (Fsp3) is 0.267. The molecule has 0 aliphatic heterocycles. The van der Waals surface area contributed by atoms with Gasteiger partial charge in [-0.15, -0.1) is 0 Å². The molecule has 0 aromatic heterocycles. The number of hydrogen-bond acceptors (Lipinski definition) is 6. The number of unbranched alkanes of at least 4 members (excludes halogenated alkanes) is 2. The fourth-order valence-electron chi connectivity index (χ4n) is 3.89. The Morgan fingerprint density at radius 2 is 1.67 bits per heavy atom. The molecule has 0 amide bonds. The molecular weight excluding hydrogens is 504 g/mol. The Labute approximate surface area is 226 Å². The van der Waals surface area contributed by atoms with Crippen LogP contribution in [0.4, 0.5) is 20.2 Å². The van der Waals surface area contributed by atoms with Crippen molar-refractivity contribution in [1.82, 2.24) is 0 Å². The van der Waals surface area contributed by atoms with Crippen LogP contribution in [0, 0.1) is 11.3 Å². The third-order valence-electron chi connectivity index (χ3n) is 5.98. The first-order valence-electron chi connectivity index (χ1n) is 12.5. The zero-order valence-electron chi connectivity index (χ0n) is 21.4. The van der Waals surface area contributed by atoms with E-state index < -0.39 is 12.1 Å². The number of carboxylic acid groups (broad SMARTS) is 1. The van der Waals surface area contributed by atoms with Crippen LogP contribution in [0.25, 0.3) is 6.08 Å². The molecule has 39 heavy (non-hydrogen) atoms. The van der Waals surface area contributed by atoms with Crippen LogP contribution in [0.2, 0.25) is 0 Å². The Morgan fingerprint density at radius 1 is 0.974 bits per heavy atom. The van der Waals surface area contributed by atoms with E-state index in [0.717, 1.165) is 24.8 Å². The highest BCUT2D eigenvalue weighted by molar-refractivity contribution is 5.92. The van der Waals surface area contributed by atoms with E-state index >= 15 is 0 Å². The van der Waals surface area contributed by atoms with Crippen LogP contribution in [0.15, 0.2) is 72.3 Å². The van der Waals surface area contributed by atoms with Crippen LogP contribution in [0.3, 0.4) is 0 Å². The van der Waals surface area contributed by atoms with Gasteiger partial charge in [0.15, 0.2) is 0 Å². The number of nitrogen functional groups attached to an aromatic ring is 2. The van der Waals surface area contributed by atoms with Gasteiger partial charge >= 0.3 is 12.1 Å². The number of nitrogens with two attached hydrogens (primary N) is 2. The number of hydrogen-bond donors (Lipinski definition) is 3. The minimum Gasteiger partial charge on any atom is -0.493 e. The lowest BCUT2D eigenvalue weighted by molar-refractivity contribution is -0.185. The van der Waals surface area contributed by atoms with Crippen molar-refractivity contribution in [2.75, 3.05) is 18.1 Å². The molecule has 0 spiro atoms. The zero-order valence-corrected chi connectivity index (χ0v) is 21.4. The van der Waals surface area contributed by atoms with E-state index in [0.29, 0.717) is 35.5 Å². The van der Waals surface area contributed by atoms with Gasteiger partial charge in [0, 0.05) is 16.9 Å². The summed E-state index contributed by atoms with van der Waals surface area (Å²) in [5.41, 5.74) is 14.4. The van der Waals surface area contributed by atoms with Crippen molar-refractivity contribution in [3.63, 3.8) is 0 Å². The monoisotopic (exact) mass is 535 g/mol. The first-order valence-corrected chi connectivity index (χ1v) is 12.5. The average Bonchev–Trinajstić information content (AvgIpc) is 2.90. The molecule has 0 saturated carbocycles. The number of carbonyl (C=O) groups is 1. The van der Waals surface area contributed by atoms with Crippen LogP contribution in [0.1, 0.15) is 48.8 Å². The lowest BCUT2D eigenvalue weighted by Gasteiger charge is -2.18. The van der Waals surface area contributed by atoms with Gasteiger partial charge in [0.25, 0.3) is 0 Å². The summed E-state index contributed by atoms with van der Waals surface area (Å²) in [7, 11) is 0. The van der Waals surface area contributed by atoms with Gasteiger partial charge in [-0.05, 0) is 91.4 Å². The average molecular weight is 536 g/mol. The molecular formula is C30H31F2N3O4. The molecule has 0 aliphatic carbocycles.